The molecule has 0 aliphatic carbocycles. The number of hydrogen-bond acceptors (Lipinski definition) is 5. The van der Waals surface area contributed by atoms with E-state index in [1.807, 2.05) is 74.5 Å². The third-order valence-corrected chi connectivity index (χ3v) is 6.52. The molecule has 0 radical (unpaired) electrons. The zero-order valence-electron chi connectivity index (χ0n) is 21.5. The van der Waals surface area contributed by atoms with Crippen LogP contribution in [-0.4, -0.2) is 65.4 Å². The molecule has 0 bridgehead atoms. The van der Waals surface area contributed by atoms with Crippen LogP contribution in [0.25, 0.3) is 0 Å². The highest BCUT2D eigenvalue weighted by atomic mass is 16.6. The summed E-state index contributed by atoms with van der Waals surface area (Å²) in [5, 5.41) is 17.0. The molecule has 3 unspecified atom stereocenters. The van der Waals surface area contributed by atoms with Crippen molar-refractivity contribution in [2.45, 2.75) is 63.8 Å². The smallest absolute Gasteiger partial charge is 0.404 e. The monoisotopic (exact) mass is 510 g/mol. The summed E-state index contributed by atoms with van der Waals surface area (Å²) in [5.41, 5.74) is 7.16. The first-order chi connectivity index (χ1) is 17.7. The van der Waals surface area contributed by atoms with E-state index in [0.717, 1.165) is 17.5 Å². The second-order valence-corrected chi connectivity index (χ2v) is 9.83. The highest BCUT2D eigenvalue weighted by Gasteiger charge is 2.35. The van der Waals surface area contributed by atoms with Crippen molar-refractivity contribution in [1.82, 2.24) is 15.5 Å². The van der Waals surface area contributed by atoms with E-state index < -0.39 is 30.4 Å². The molecule has 4 atom stereocenters. The van der Waals surface area contributed by atoms with E-state index in [1.54, 1.807) is 4.90 Å². The van der Waals surface area contributed by atoms with E-state index >= 15 is 0 Å². The molecule has 200 valence electrons. The van der Waals surface area contributed by atoms with Gasteiger partial charge in [-0.15, -0.1) is 0 Å². The number of carbonyl (C=O) groups is 3. The van der Waals surface area contributed by atoms with E-state index in [-0.39, 0.29) is 30.7 Å². The van der Waals surface area contributed by atoms with E-state index in [0.29, 0.717) is 19.5 Å². The summed E-state index contributed by atoms with van der Waals surface area (Å²) in [6, 6.07) is 17.6. The van der Waals surface area contributed by atoms with Crippen LogP contribution >= 0.6 is 0 Å². The molecule has 1 fully saturated rings. The van der Waals surface area contributed by atoms with Gasteiger partial charge in [0.1, 0.15) is 12.1 Å². The van der Waals surface area contributed by atoms with Crippen molar-refractivity contribution < 1.29 is 24.2 Å². The van der Waals surface area contributed by atoms with Gasteiger partial charge >= 0.3 is 12.1 Å². The van der Waals surface area contributed by atoms with Gasteiger partial charge < -0.3 is 31.1 Å². The van der Waals surface area contributed by atoms with Crippen molar-refractivity contribution in [2.24, 2.45) is 11.7 Å². The molecule has 3 rings (SSSR count). The number of benzene rings is 2. The fourth-order valence-corrected chi connectivity index (χ4v) is 4.79. The summed E-state index contributed by atoms with van der Waals surface area (Å²) in [7, 11) is 0. The Morgan fingerprint density at radius 2 is 1.65 bits per heavy atom. The van der Waals surface area contributed by atoms with Crippen LogP contribution in [0, 0.1) is 5.92 Å². The van der Waals surface area contributed by atoms with Crippen LogP contribution in [0.4, 0.5) is 9.59 Å². The number of nitrogens with two attached hydrogens (primary N) is 1. The Bertz CT molecular complexity index is 1020. The molecule has 0 saturated carbocycles. The molecular weight excluding hydrogens is 472 g/mol. The van der Waals surface area contributed by atoms with Gasteiger partial charge in [0, 0.05) is 25.6 Å². The molecule has 5 N–H and O–H groups in total. The first-order valence-corrected chi connectivity index (χ1v) is 12.8. The number of carbonyl (C=O) groups excluding carboxylic acids is 3. The number of urea groups is 1. The zero-order chi connectivity index (χ0) is 26.8. The quantitative estimate of drug-likeness (QED) is 0.348. The number of primary amides is 1. The molecular formula is C28H38N4O5. The van der Waals surface area contributed by atoms with Gasteiger partial charge in [-0.1, -0.05) is 74.5 Å². The molecule has 1 saturated heterocycles. The van der Waals surface area contributed by atoms with Gasteiger partial charge in [0.25, 0.3) is 0 Å². The summed E-state index contributed by atoms with van der Waals surface area (Å²) in [6.45, 7) is 4.90. The third kappa shape index (κ3) is 8.49. The molecule has 2 aromatic carbocycles. The van der Waals surface area contributed by atoms with Crippen molar-refractivity contribution in [3.05, 3.63) is 71.8 Å². The van der Waals surface area contributed by atoms with Gasteiger partial charge in [0.15, 0.2) is 0 Å². The van der Waals surface area contributed by atoms with Gasteiger partial charge in [-0.2, -0.15) is 0 Å². The summed E-state index contributed by atoms with van der Waals surface area (Å²) in [4.78, 5) is 39.2. The predicted molar refractivity (Wildman–Crippen MR) is 141 cm³/mol. The Balaban J connectivity index is 1.79. The minimum atomic E-state index is -1.09. The number of ether oxygens (including phenoxy) is 1. The maximum atomic E-state index is 13.5. The Hall–Kier alpha value is -3.59. The Morgan fingerprint density at radius 1 is 1.05 bits per heavy atom. The Morgan fingerprint density at radius 3 is 2.19 bits per heavy atom. The van der Waals surface area contributed by atoms with E-state index in [1.165, 1.54) is 0 Å². The van der Waals surface area contributed by atoms with Gasteiger partial charge in [0.05, 0.1) is 6.10 Å². The lowest BCUT2D eigenvalue weighted by molar-refractivity contribution is -0.128. The van der Waals surface area contributed by atoms with Crippen LogP contribution in [-0.2, 0) is 22.4 Å². The maximum Gasteiger partial charge on any atom is 0.404 e. The third-order valence-electron chi connectivity index (χ3n) is 6.52. The largest absolute Gasteiger partial charge is 0.443 e. The predicted octanol–water partition coefficient (Wildman–Crippen LogP) is 2.61. The van der Waals surface area contributed by atoms with Crippen LogP contribution in [0.1, 0.15) is 37.8 Å². The van der Waals surface area contributed by atoms with Crippen LogP contribution in [0.3, 0.4) is 0 Å². The van der Waals surface area contributed by atoms with Gasteiger partial charge in [-0.25, -0.2) is 9.59 Å². The molecule has 9 nitrogen and oxygen atoms in total. The van der Waals surface area contributed by atoms with Crippen molar-refractivity contribution in [2.75, 3.05) is 13.1 Å². The highest BCUT2D eigenvalue weighted by Crippen LogP contribution is 2.19. The van der Waals surface area contributed by atoms with Crippen molar-refractivity contribution in [3.63, 3.8) is 0 Å². The lowest BCUT2D eigenvalue weighted by atomic mass is 9.94. The second kappa shape index (κ2) is 13.6. The number of aliphatic hydroxyl groups excluding tert-OH is 1. The molecule has 0 aromatic heterocycles. The lowest BCUT2D eigenvalue weighted by Gasteiger charge is -2.37. The lowest BCUT2D eigenvalue weighted by Crippen LogP contribution is -2.59. The van der Waals surface area contributed by atoms with Crippen molar-refractivity contribution in [3.8, 4) is 0 Å². The zero-order valence-corrected chi connectivity index (χ0v) is 21.5. The maximum absolute atomic E-state index is 13.5. The van der Waals surface area contributed by atoms with Crippen LogP contribution in [0.2, 0.25) is 0 Å². The molecule has 0 spiro atoms. The number of hydrogen-bond donors (Lipinski definition) is 4. The number of nitrogens with one attached hydrogen (secondary N) is 2. The summed E-state index contributed by atoms with van der Waals surface area (Å²) in [5.74, 6) is -0.397. The van der Waals surface area contributed by atoms with E-state index in [9.17, 15) is 19.5 Å². The summed E-state index contributed by atoms with van der Waals surface area (Å²) >= 11 is 0. The SMILES string of the molecule is CC(C)[C@@H](C(=O)NC(Cc1ccccc1)CC(O)C(Cc1ccccc1)OC(N)=O)N1CCCNC1=O. The fraction of sp³-hybridized carbons (Fsp3) is 0.464. The molecule has 2 aromatic rings. The minimum Gasteiger partial charge on any atom is -0.443 e. The highest BCUT2D eigenvalue weighted by molar-refractivity contribution is 5.87. The topological polar surface area (TPSA) is 134 Å². The van der Waals surface area contributed by atoms with Gasteiger partial charge in [-0.05, 0) is 36.3 Å². The van der Waals surface area contributed by atoms with Crippen molar-refractivity contribution in [1.29, 1.82) is 0 Å². The molecule has 1 heterocycles. The Labute approximate surface area is 218 Å². The molecule has 37 heavy (non-hydrogen) atoms. The van der Waals surface area contributed by atoms with Crippen molar-refractivity contribution >= 4 is 18.0 Å². The van der Waals surface area contributed by atoms with Gasteiger partial charge in [-0.3, -0.25) is 4.79 Å². The van der Waals surface area contributed by atoms with Crippen LogP contribution in [0.15, 0.2) is 60.7 Å². The van der Waals surface area contributed by atoms with E-state index in [4.69, 9.17) is 10.5 Å². The number of aliphatic hydroxyl groups is 1. The Kier molecular flexibility index (Phi) is 10.3. The average molecular weight is 511 g/mol. The fourth-order valence-electron chi connectivity index (χ4n) is 4.79. The second-order valence-electron chi connectivity index (χ2n) is 9.83. The summed E-state index contributed by atoms with van der Waals surface area (Å²) in [6.07, 6.45) is -1.32. The minimum absolute atomic E-state index is 0.116. The molecule has 4 amide bonds. The average Bonchev–Trinajstić information content (AvgIpc) is 2.85. The van der Waals surface area contributed by atoms with Crippen LogP contribution < -0.4 is 16.4 Å². The molecule has 1 aliphatic heterocycles. The summed E-state index contributed by atoms with van der Waals surface area (Å²) < 4.78 is 5.28. The van der Waals surface area contributed by atoms with Crippen LogP contribution in [0.5, 0.6) is 0 Å². The number of rotatable bonds is 12. The molecule has 9 heteroatoms. The van der Waals surface area contributed by atoms with Gasteiger partial charge in [0.2, 0.25) is 5.91 Å². The number of nitrogens with zero attached hydrogens (tertiary/aromatic N) is 1. The number of amides is 4. The van der Waals surface area contributed by atoms with E-state index in [2.05, 4.69) is 10.6 Å². The standard InChI is InChI=1S/C28H38N4O5/c1-19(2)25(32-15-9-14-30-28(32)36)26(34)31-22(16-20-10-5-3-6-11-20)18-23(33)24(37-27(29)35)17-21-12-7-4-8-13-21/h3-8,10-13,19,22-25,33H,9,14-18H2,1-2H3,(H2,29,35)(H,30,36)(H,31,34)/t22?,23?,24?,25-/m0/s1. The first kappa shape index (κ1) is 28.0. The first-order valence-electron chi connectivity index (χ1n) is 12.8. The normalized spacial score (nSPS) is 16.9. The molecule has 1 aliphatic rings.